The number of nitrogens with one attached hydrogen (secondary N) is 1. The van der Waals surface area contributed by atoms with Gasteiger partial charge >= 0.3 is 5.97 Å². The standard InChI is InChI=1S/C33H32N4O5/c38-29(20-35-14-16-42-17-15-35)36-13-12-22-18-25(9-11-28(22)36)37(24-7-8-24)31(21-4-2-1-3-5-21)30-26-10-6-23(33(40)41)19-27(26)34-32(30)39/h1-6,9-11,18-19,24H,7-8,12-17,20H2,(H,34,39)(H,40,41)/b31-30-. The molecule has 214 valence electrons. The second-order valence-corrected chi connectivity index (χ2v) is 11.2. The lowest BCUT2D eigenvalue weighted by Gasteiger charge is -2.30. The van der Waals surface area contributed by atoms with Gasteiger partial charge in [-0.1, -0.05) is 36.4 Å². The molecule has 0 unspecified atom stereocenters. The molecular weight excluding hydrogens is 532 g/mol. The second kappa shape index (κ2) is 10.7. The Morgan fingerprint density at radius 2 is 1.74 bits per heavy atom. The summed E-state index contributed by atoms with van der Waals surface area (Å²) in [5.41, 5.74) is 6.61. The number of morpholine rings is 1. The average Bonchev–Trinajstić information content (AvgIpc) is 3.66. The number of nitrogens with zero attached hydrogens (tertiary/aromatic N) is 3. The third-order valence-electron chi connectivity index (χ3n) is 8.45. The van der Waals surface area contributed by atoms with Gasteiger partial charge in [-0.05, 0) is 60.7 Å². The fourth-order valence-electron chi connectivity index (χ4n) is 6.23. The van der Waals surface area contributed by atoms with Crippen molar-refractivity contribution in [2.24, 2.45) is 0 Å². The number of benzene rings is 3. The molecule has 0 atom stereocenters. The lowest BCUT2D eigenvalue weighted by molar-refractivity contribution is -0.120. The van der Waals surface area contributed by atoms with Gasteiger partial charge in [-0.2, -0.15) is 0 Å². The van der Waals surface area contributed by atoms with Gasteiger partial charge in [0.2, 0.25) is 5.91 Å². The Morgan fingerprint density at radius 3 is 2.48 bits per heavy atom. The molecule has 1 saturated heterocycles. The van der Waals surface area contributed by atoms with Crippen LogP contribution in [0.25, 0.3) is 11.3 Å². The van der Waals surface area contributed by atoms with Gasteiger partial charge < -0.3 is 25.0 Å². The Balaban J connectivity index is 1.28. The van der Waals surface area contributed by atoms with E-state index in [-0.39, 0.29) is 23.4 Å². The van der Waals surface area contributed by atoms with Crippen LogP contribution in [0.3, 0.4) is 0 Å². The molecule has 1 saturated carbocycles. The Hall–Kier alpha value is -4.47. The van der Waals surface area contributed by atoms with Crippen molar-refractivity contribution in [3.05, 3.63) is 89.0 Å². The molecule has 0 spiro atoms. The summed E-state index contributed by atoms with van der Waals surface area (Å²) in [6.45, 7) is 3.90. The Morgan fingerprint density at radius 1 is 0.952 bits per heavy atom. The molecule has 3 heterocycles. The van der Waals surface area contributed by atoms with E-state index in [2.05, 4.69) is 27.2 Å². The predicted molar refractivity (Wildman–Crippen MR) is 161 cm³/mol. The van der Waals surface area contributed by atoms with Crippen LogP contribution in [-0.2, 0) is 20.7 Å². The molecule has 9 nitrogen and oxygen atoms in total. The van der Waals surface area contributed by atoms with E-state index in [1.54, 1.807) is 12.1 Å². The highest BCUT2D eigenvalue weighted by Crippen LogP contribution is 2.46. The highest BCUT2D eigenvalue weighted by Gasteiger charge is 2.38. The first-order valence-corrected chi connectivity index (χ1v) is 14.5. The largest absolute Gasteiger partial charge is 0.478 e. The lowest BCUT2D eigenvalue weighted by Crippen LogP contribution is -2.44. The van der Waals surface area contributed by atoms with E-state index < -0.39 is 5.97 Å². The normalized spacial score (nSPS) is 19.2. The molecule has 2 N–H and O–H groups in total. The molecule has 0 bridgehead atoms. The van der Waals surface area contributed by atoms with E-state index >= 15 is 0 Å². The maximum absolute atomic E-state index is 13.6. The molecule has 0 aromatic heterocycles. The molecular formula is C33H32N4O5. The van der Waals surface area contributed by atoms with Crippen molar-refractivity contribution in [1.82, 2.24) is 4.90 Å². The minimum Gasteiger partial charge on any atom is -0.478 e. The molecule has 9 heteroatoms. The minimum atomic E-state index is -1.04. The lowest BCUT2D eigenvalue weighted by atomic mass is 9.97. The van der Waals surface area contributed by atoms with Crippen molar-refractivity contribution in [1.29, 1.82) is 0 Å². The van der Waals surface area contributed by atoms with Crippen LogP contribution in [0.15, 0.2) is 66.7 Å². The van der Waals surface area contributed by atoms with Gasteiger partial charge in [0, 0.05) is 42.6 Å². The Kier molecular flexibility index (Phi) is 6.76. The number of carbonyl (C=O) groups excluding carboxylic acids is 2. The van der Waals surface area contributed by atoms with E-state index in [0.717, 1.165) is 60.6 Å². The van der Waals surface area contributed by atoms with Crippen LogP contribution in [0.5, 0.6) is 0 Å². The first-order valence-electron chi connectivity index (χ1n) is 14.5. The second-order valence-electron chi connectivity index (χ2n) is 11.2. The number of anilines is 3. The molecule has 2 amide bonds. The van der Waals surface area contributed by atoms with Gasteiger partial charge in [0.25, 0.3) is 5.91 Å². The van der Waals surface area contributed by atoms with Crippen molar-refractivity contribution in [3.8, 4) is 0 Å². The van der Waals surface area contributed by atoms with Gasteiger partial charge in [0.05, 0.1) is 42.3 Å². The van der Waals surface area contributed by atoms with E-state index in [1.165, 1.54) is 6.07 Å². The third kappa shape index (κ3) is 4.84. The number of fused-ring (bicyclic) bond motifs is 2. The van der Waals surface area contributed by atoms with Crippen molar-refractivity contribution >= 4 is 46.1 Å². The number of hydrogen-bond acceptors (Lipinski definition) is 6. The number of aromatic carboxylic acids is 1. The Bertz CT molecular complexity index is 1610. The Labute approximate surface area is 244 Å². The monoisotopic (exact) mass is 564 g/mol. The zero-order chi connectivity index (χ0) is 28.8. The fourth-order valence-corrected chi connectivity index (χ4v) is 6.23. The van der Waals surface area contributed by atoms with Gasteiger partial charge in [0.15, 0.2) is 0 Å². The first kappa shape index (κ1) is 26.4. The van der Waals surface area contributed by atoms with Crippen molar-refractivity contribution in [3.63, 3.8) is 0 Å². The number of carboxylic acids is 1. The van der Waals surface area contributed by atoms with E-state index in [1.807, 2.05) is 41.3 Å². The number of rotatable bonds is 7. The number of ether oxygens (including phenoxy) is 1. The highest BCUT2D eigenvalue weighted by atomic mass is 16.5. The molecule has 3 aliphatic heterocycles. The van der Waals surface area contributed by atoms with Crippen LogP contribution >= 0.6 is 0 Å². The molecule has 4 aliphatic rings. The van der Waals surface area contributed by atoms with Gasteiger partial charge in [-0.15, -0.1) is 0 Å². The summed E-state index contributed by atoms with van der Waals surface area (Å²) in [4.78, 5) is 44.7. The number of amides is 2. The molecule has 7 rings (SSSR count). The van der Waals surface area contributed by atoms with Crippen LogP contribution in [0.4, 0.5) is 17.1 Å². The minimum absolute atomic E-state index is 0.106. The zero-order valence-electron chi connectivity index (χ0n) is 23.2. The van der Waals surface area contributed by atoms with Gasteiger partial charge in [0.1, 0.15) is 0 Å². The summed E-state index contributed by atoms with van der Waals surface area (Å²) >= 11 is 0. The summed E-state index contributed by atoms with van der Waals surface area (Å²) in [7, 11) is 0. The smallest absolute Gasteiger partial charge is 0.335 e. The van der Waals surface area contributed by atoms with Crippen molar-refractivity contribution in [2.45, 2.75) is 25.3 Å². The van der Waals surface area contributed by atoms with E-state index in [0.29, 0.717) is 43.1 Å². The van der Waals surface area contributed by atoms with E-state index in [9.17, 15) is 19.5 Å². The molecule has 1 aliphatic carbocycles. The zero-order valence-corrected chi connectivity index (χ0v) is 23.2. The van der Waals surface area contributed by atoms with E-state index in [4.69, 9.17) is 4.74 Å². The molecule has 2 fully saturated rings. The summed E-state index contributed by atoms with van der Waals surface area (Å²) in [5.74, 6) is -1.18. The highest BCUT2D eigenvalue weighted by molar-refractivity contribution is 6.37. The average molecular weight is 565 g/mol. The molecule has 3 aromatic carbocycles. The molecule has 3 aromatic rings. The predicted octanol–water partition coefficient (Wildman–Crippen LogP) is 4.10. The maximum atomic E-state index is 13.6. The van der Waals surface area contributed by atoms with Crippen molar-refractivity contribution < 1.29 is 24.2 Å². The van der Waals surface area contributed by atoms with Gasteiger partial charge in [-0.25, -0.2) is 4.79 Å². The number of carbonyl (C=O) groups is 3. The number of hydrogen-bond donors (Lipinski definition) is 2. The summed E-state index contributed by atoms with van der Waals surface area (Å²) in [6.07, 6.45) is 2.77. The molecule has 0 radical (unpaired) electrons. The summed E-state index contributed by atoms with van der Waals surface area (Å²) in [6, 6.07) is 21.2. The SMILES string of the molecule is O=C1Nc2cc(C(=O)O)ccc2/C1=C(\c1ccccc1)N(c1ccc2c(c1)CCN2C(=O)CN1CCOCC1)C1CC1. The quantitative estimate of drug-likeness (QED) is 0.417. The van der Waals surface area contributed by atoms with Crippen LogP contribution in [0.1, 0.15) is 39.9 Å². The van der Waals surface area contributed by atoms with Crippen molar-refractivity contribution in [2.75, 3.05) is 54.5 Å². The number of carboxylic acid groups (broad SMARTS) is 1. The first-order chi connectivity index (χ1) is 20.5. The maximum Gasteiger partial charge on any atom is 0.335 e. The van der Waals surface area contributed by atoms with Crippen LogP contribution in [0.2, 0.25) is 0 Å². The van der Waals surface area contributed by atoms with Gasteiger partial charge in [-0.3, -0.25) is 14.5 Å². The fraction of sp³-hybridized carbons (Fsp3) is 0.303. The molecule has 42 heavy (non-hydrogen) atoms. The van der Waals surface area contributed by atoms with Crippen LogP contribution in [-0.4, -0.2) is 73.2 Å². The third-order valence-corrected chi connectivity index (χ3v) is 8.45. The topological polar surface area (TPSA) is 102 Å². The van der Waals surface area contributed by atoms with Crippen LogP contribution < -0.4 is 15.1 Å². The summed E-state index contributed by atoms with van der Waals surface area (Å²) in [5, 5.41) is 12.4. The van der Waals surface area contributed by atoms with Crippen LogP contribution in [0, 0.1) is 0 Å². The summed E-state index contributed by atoms with van der Waals surface area (Å²) < 4.78 is 5.43.